The maximum Gasteiger partial charge on any atom is 0.251 e. The lowest BCUT2D eigenvalue weighted by atomic mass is 10.1. The fraction of sp³-hybridized carbons (Fsp3) is 0.462. The molecule has 0 aliphatic rings. The highest BCUT2D eigenvalue weighted by atomic mass is 16.3. The molecule has 0 saturated heterocycles. The minimum atomic E-state index is -0.0775. The van der Waals surface area contributed by atoms with E-state index in [2.05, 4.69) is 10.6 Å². The van der Waals surface area contributed by atoms with Crippen molar-refractivity contribution in [3.8, 4) is 0 Å². The summed E-state index contributed by atoms with van der Waals surface area (Å²) in [6, 6.07) is 7.57. The number of aliphatic hydroxyl groups excluding tert-OH is 1. The van der Waals surface area contributed by atoms with Gasteiger partial charge in [0, 0.05) is 25.2 Å². The molecule has 0 bridgehead atoms. The fourth-order valence-electron chi connectivity index (χ4n) is 1.52. The van der Waals surface area contributed by atoms with Gasteiger partial charge in [-0.25, -0.2) is 0 Å². The number of amides is 1. The maximum absolute atomic E-state index is 11.3. The van der Waals surface area contributed by atoms with Gasteiger partial charge in [-0.2, -0.15) is 0 Å². The Morgan fingerprint density at radius 1 is 1.35 bits per heavy atom. The molecule has 0 unspecified atom stereocenters. The summed E-state index contributed by atoms with van der Waals surface area (Å²) >= 11 is 0. The highest BCUT2D eigenvalue weighted by molar-refractivity contribution is 5.93. The molecule has 1 aromatic rings. The molecule has 4 nitrogen and oxygen atoms in total. The smallest absolute Gasteiger partial charge is 0.251 e. The minimum Gasteiger partial charge on any atom is -0.395 e. The zero-order chi connectivity index (χ0) is 12.7. The van der Waals surface area contributed by atoms with E-state index >= 15 is 0 Å². The molecule has 0 saturated carbocycles. The van der Waals surface area contributed by atoms with Gasteiger partial charge in [-0.3, -0.25) is 4.79 Å². The van der Waals surface area contributed by atoms with Gasteiger partial charge in [-0.1, -0.05) is 19.1 Å². The summed E-state index contributed by atoms with van der Waals surface area (Å²) in [5.74, 6) is -0.0775. The second-order valence-electron chi connectivity index (χ2n) is 3.94. The molecule has 1 rings (SSSR count). The Kier molecular flexibility index (Phi) is 5.66. The summed E-state index contributed by atoms with van der Waals surface area (Å²) in [4.78, 5) is 11.3. The van der Waals surface area contributed by atoms with Crippen molar-refractivity contribution >= 4 is 5.91 Å². The van der Waals surface area contributed by atoms with Crippen LogP contribution in [0.3, 0.4) is 0 Å². The number of hydrogen-bond donors (Lipinski definition) is 3. The Morgan fingerprint density at radius 2 is 2.00 bits per heavy atom. The summed E-state index contributed by atoms with van der Waals surface area (Å²) in [7, 11) is 1.62. The second-order valence-corrected chi connectivity index (χ2v) is 3.94. The van der Waals surface area contributed by atoms with E-state index in [1.807, 2.05) is 19.1 Å². The Labute approximate surface area is 102 Å². The van der Waals surface area contributed by atoms with Gasteiger partial charge >= 0.3 is 0 Å². The lowest BCUT2D eigenvalue weighted by Gasteiger charge is -2.13. The van der Waals surface area contributed by atoms with Crippen LogP contribution in [0.1, 0.15) is 29.3 Å². The van der Waals surface area contributed by atoms with Gasteiger partial charge in [-0.05, 0) is 24.1 Å². The maximum atomic E-state index is 11.3. The first kappa shape index (κ1) is 13.7. The predicted octanol–water partition coefficient (Wildman–Crippen LogP) is 0.907. The number of nitrogens with one attached hydrogen (secondary N) is 2. The molecule has 0 heterocycles. The Morgan fingerprint density at radius 3 is 2.47 bits per heavy atom. The zero-order valence-electron chi connectivity index (χ0n) is 10.4. The minimum absolute atomic E-state index is 0.0775. The molecule has 1 aromatic carbocycles. The van der Waals surface area contributed by atoms with E-state index < -0.39 is 0 Å². The number of aliphatic hydroxyl groups is 1. The van der Waals surface area contributed by atoms with E-state index in [-0.39, 0.29) is 18.6 Å². The number of carbonyl (C=O) groups is 1. The number of benzene rings is 1. The largest absolute Gasteiger partial charge is 0.395 e. The molecule has 0 fully saturated rings. The third-order valence-electron chi connectivity index (χ3n) is 2.75. The molecular weight excluding hydrogens is 216 g/mol. The van der Waals surface area contributed by atoms with Crippen molar-refractivity contribution in [1.29, 1.82) is 0 Å². The average molecular weight is 236 g/mol. The van der Waals surface area contributed by atoms with Gasteiger partial charge in [0.1, 0.15) is 0 Å². The van der Waals surface area contributed by atoms with Gasteiger partial charge in [0.15, 0.2) is 0 Å². The first-order chi connectivity index (χ1) is 8.21. The normalized spacial score (nSPS) is 12.2. The van der Waals surface area contributed by atoms with Crippen molar-refractivity contribution in [2.75, 3.05) is 13.7 Å². The van der Waals surface area contributed by atoms with Crippen LogP contribution in [0.15, 0.2) is 24.3 Å². The van der Waals surface area contributed by atoms with E-state index in [0.29, 0.717) is 12.1 Å². The molecule has 4 heteroatoms. The molecule has 0 aliphatic carbocycles. The first-order valence-electron chi connectivity index (χ1n) is 5.86. The summed E-state index contributed by atoms with van der Waals surface area (Å²) in [5.41, 5.74) is 1.76. The average Bonchev–Trinajstić information content (AvgIpc) is 2.39. The van der Waals surface area contributed by atoms with Crippen LogP contribution < -0.4 is 10.6 Å². The van der Waals surface area contributed by atoms with Crippen molar-refractivity contribution in [2.24, 2.45) is 0 Å². The van der Waals surface area contributed by atoms with Crippen LogP contribution >= 0.6 is 0 Å². The molecule has 94 valence electrons. The fourth-order valence-corrected chi connectivity index (χ4v) is 1.52. The van der Waals surface area contributed by atoms with E-state index in [9.17, 15) is 4.79 Å². The van der Waals surface area contributed by atoms with Crippen LogP contribution in [0.2, 0.25) is 0 Å². The van der Waals surface area contributed by atoms with Crippen molar-refractivity contribution in [1.82, 2.24) is 10.6 Å². The monoisotopic (exact) mass is 236 g/mol. The zero-order valence-corrected chi connectivity index (χ0v) is 10.4. The second kappa shape index (κ2) is 7.04. The quantitative estimate of drug-likeness (QED) is 0.688. The van der Waals surface area contributed by atoms with Crippen LogP contribution in [0.5, 0.6) is 0 Å². The molecule has 17 heavy (non-hydrogen) atoms. The molecular formula is C13H20N2O2. The van der Waals surface area contributed by atoms with E-state index in [4.69, 9.17) is 5.11 Å². The van der Waals surface area contributed by atoms with Crippen molar-refractivity contribution in [3.05, 3.63) is 35.4 Å². The molecule has 0 aromatic heterocycles. The highest BCUT2D eigenvalue weighted by Crippen LogP contribution is 2.05. The molecule has 1 atom stereocenters. The number of rotatable bonds is 6. The SMILES string of the molecule is CC[C@H](CO)NCc1ccc(C(=O)NC)cc1. The molecule has 0 aliphatic heterocycles. The summed E-state index contributed by atoms with van der Waals surface area (Å²) < 4.78 is 0. The topological polar surface area (TPSA) is 61.4 Å². The Bertz CT molecular complexity index is 345. The Hall–Kier alpha value is -1.39. The summed E-state index contributed by atoms with van der Waals surface area (Å²) in [5, 5.41) is 14.9. The predicted molar refractivity (Wildman–Crippen MR) is 67.8 cm³/mol. The van der Waals surface area contributed by atoms with Crippen LogP contribution in [-0.2, 0) is 6.54 Å². The van der Waals surface area contributed by atoms with Gasteiger partial charge < -0.3 is 15.7 Å². The molecule has 1 amide bonds. The van der Waals surface area contributed by atoms with E-state index in [1.54, 1.807) is 19.2 Å². The highest BCUT2D eigenvalue weighted by Gasteiger charge is 2.05. The van der Waals surface area contributed by atoms with Crippen LogP contribution in [0.4, 0.5) is 0 Å². The van der Waals surface area contributed by atoms with Gasteiger partial charge in [0.25, 0.3) is 5.91 Å². The molecule has 3 N–H and O–H groups in total. The van der Waals surface area contributed by atoms with Crippen molar-refractivity contribution in [2.45, 2.75) is 25.9 Å². The summed E-state index contributed by atoms with van der Waals surface area (Å²) in [6.45, 7) is 2.88. The summed E-state index contributed by atoms with van der Waals surface area (Å²) in [6.07, 6.45) is 0.896. The van der Waals surface area contributed by atoms with Crippen molar-refractivity contribution in [3.63, 3.8) is 0 Å². The third kappa shape index (κ3) is 4.17. The van der Waals surface area contributed by atoms with Gasteiger partial charge in [-0.15, -0.1) is 0 Å². The molecule has 0 spiro atoms. The number of hydrogen-bond acceptors (Lipinski definition) is 3. The number of carbonyl (C=O) groups excluding carboxylic acids is 1. The van der Waals surface area contributed by atoms with Crippen LogP contribution in [0.25, 0.3) is 0 Å². The van der Waals surface area contributed by atoms with Gasteiger partial charge in [0.05, 0.1) is 6.61 Å². The third-order valence-corrected chi connectivity index (χ3v) is 2.75. The van der Waals surface area contributed by atoms with Gasteiger partial charge in [0.2, 0.25) is 0 Å². The van der Waals surface area contributed by atoms with E-state index in [1.165, 1.54) is 0 Å². The van der Waals surface area contributed by atoms with Crippen molar-refractivity contribution < 1.29 is 9.90 Å². The lowest BCUT2D eigenvalue weighted by Crippen LogP contribution is -2.31. The standard InChI is InChI=1S/C13H20N2O2/c1-3-12(9-16)15-8-10-4-6-11(7-5-10)13(17)14-2/h4-7,12,15-16H,3,8-9H2,1-2H3,(H,14,17)/t12-/m1/s1. The Balaban J connectivity index is 2.53. The first-order valence-corrected chi connectivity index (χ1v) is 5.86. The lowest BCUT2D eigenvalue weighted by molar-refractivity contribution is 0.0963. The van der Waals surface area contributed by atoms with Crippen LogP contribution in [-0.4, -0.2) is 30.7 Å². The van der Waals surface area contributed by atoms with E-state index in [0.717, 1.165) is 12.0 Å². The van der Waals surface area contributed by atoms with Crippen LogP contribution in [0, 0.1) is 0 Å². The molecule has 0 radical (unpaired) electrons.